The van der Waals surface area contributed by atoms with Crippen molar-refractivity contribution in [3.8, 4) is 5.75 Å². The fraction of sp³-hybridized carbons (Fsp3) is 0.348. The molecule has 1 aliphatic carbocycles. The lowest BCUT2D eigenvalue weighted by Gasteiger charge is -2.39. The number of nitrogens with zero attached hydrogens (tertiary/aromatic N) is 3. The molecule has 5 rings (SSSR count). The second kappa shape index (κ2) is 7.03. The van der Waals surface area contributed by atoms with Crippen molar-refractivity contribution < 1.29 is 14.1 Å². The molecule has 6 nitrogen and oxygen atoms in total. The van der Waals surface area contributed by atoms with E-state index in [0.29, 0.717) is 24.8 Å². The van der Waals surface area contributed by atoms with Gasteiger partial charge in [-0.1, -0.05) is 53.2 Å². The highest BCUT2D eigenvalue weighted by Gasteiger charge is 2.55. The van der Waals surface area contributed by atoms with Gasteiger partial charge in [0.25, 0.3) is 5.89 Å². The maximum absolute atomic E-state index is 13.0. The second-order valence-corrected chi connectivity index (χ2v) is 8.00. The largest absolute Gasteiger partial charge is 0.484 e. The average molecular weight is 389 g/mol. The third kappa shape index (κ3) is 3.39. The van der Waals surface area contributed by atoms with Crippen molar-refractivity contribution in [2.24, 2.45) is 0 Å². The average Bonchev–Trinajstić information content (AvgIpc) is 3.41. The lowest BCUT2D eigenvalue weighted by Crippen LogP contribution is -2.52. The second-order valence-electron chi connectivity index (χ2n) is 8.00. The molecule has 1 saturated carbocycles. The Morgan fingerprint density at radius 2 is 1.86 bits per heavy atom. The molecule has 0 atom stereocenters. The Kier molecular flexibility index (Phi) is 4.34. The maximum Gasteiger partial charge on any atom is 0.264 e. The first-order valence-corrected chi connectivity index (χ1v) is 10.0. The highest BCUT2D eigenvalue weighted by atomic mass is 16.5. The molecule has 1 aromatic heterocycles. The Hall–Kier alpha value is -3.15. The minimum absolute atomic E-state index is 0.127. The summed E-state index contributed by atoms with van der Waals surface area (Å²) in [5.74, 6) is 2.23. The van der Waals surface area contributed by atoms with Crippen LogP contribution >= 0.6 is 0 Å². The lowest BCUT2D eigenvalue weighted by molar-refractivity contribution is -0.138. The molecule has 0 N–H and O–H groups in total. The van der Waals surface area contributed by atoms with Crippen LogP contribution in [0.5, 0.6) is 5.75 Å². The van der Waals surface area contributed by atoms with Crippen LogP contribution in [0.3, 0.4) is 0 Å². The van der Waals surface area contributed by atoms with Gasteiger partial charge in [-0.2, -0.15) is 4.98 Å². The van der Waals surface area contributed by atoms with Crippen LogP contribution < -0.4 is 4.74 Å². The van der Waals surface area contributed by atoms with Crippen LogP contribution in [0.4, 0.5) is 0 Å². The zero-order chi connectivity index (χ0) is 19.8. The first kappa shape index (κ1) is 17.9. The molecule has 1 aliphatic heterocycles. The van der Waals surface area contributed by atoms with Crippen LogP contribution in [-0.4, -0.2) is 34.0 Å². The van der Waals surface area contributed by atoms with Crippen molar-refractivity contribution in [2.45, 2.75) is 37.7 Å². The van der Waals surface area contributed by atoms with E-state index in [2.05, 4.69) is 22.3 Å². The van der Waals surface area contributed by atoms with E-state index >= 15 is 0 Å². The number of hydrogen-bond acceptors (Lipinski definition) is 5. The highest BCUT2D eigenvalue weighted by molar-refractivity contribution is 5.92. The fourth-order valence-electron chi connectivity index (χ4n) is 3.89. The molecule has 0 bridgehead atoms. The number of ether oxygens (including phenoxy) is 1. The first-order valence-electron chi connectivity index (χ1n) is 10.0. The van der Waals surface area contributed by atoms with Crippen molar-refractivity contribution in [2.75, 3.05) is 13.1 Å². The molecule has 1 amide bonds. The van der Waals surface area contributed by atoms with Crippen LogP contribution in [0.15, 0.2) is 59.1 Å². The van der Waals surface area contributed by atoms with Gasteiger partial charge in [0.1, 0.15) is 5.75 Å². The van der Waals surface area contributed by atoms with E-state index in [0.717, 1.165) is 24.2 Å². The van der Waals surface area contributed by atoms with Crippen molar-refractivity contribution in [3.05, 3.63) is 77.4 Å². The molecule has 0 spiro atoms. The lowest BCUT2D eigenvalue weighted by atomic mass is 9.90. The Morgan fingerprint density at radius 3 is 2.55 bits per heavy atom. The molecule has 0 unspecified atom stereocenters. The Balaban J connectivity index is 1.17. The number of hydrogen-bond donors (Lipinski definition) is 0. The first-order chi connectivity index (χ1) is 14.1. The van der Waals surface area contributed by atoms with Gasteiger partial charge < -0.3 is 14.2 Å². The van der Waals surface area contributed by atoms with E-state index < -0.39 is 0 Å². The van der Waals surface area contributed by atoms with Gasteiger partial charge in [0.15, 0.2) is 12.4 Å². The number of benzene rings is 2. The molecule has 29 heavy (non-hydrogen) atoms. The van der Waals surface area contributed by atoms with Gasteiger partial charge in [-0.15, -0.1) is 0 Å². The molecule has 2 fully saturated rings. The van der Waals surface area contributed by atoms with Gasteiger partial charge in [0, 0.05) is 13.1 Å². The van der Waals surface area contributed by atoms with E-state index in [1.165, 1.54) is 5.56 Å². The molecule has 2 aliphatic rings. The van der Waals surface area contributed by atoms with Crippen molar-refractivity contribution >= 4 is 5.91 Å². The van der Waals surface area contributed by atoms with Gasteiger partial charge >= 0.3 is 0 Å². The zero-order valence-electron chi connectivity index (χ0n) is 16.4. The van der Waals surface area contributed by atoms with E-state index in [-0.39, 0.29) is 23.8 Å². The topological polar surface area (TPSA) is 68.5 Å². The Labute approximate surface area is 169 Å². The number of aromatic nitrogens is 2. The zero-order valence-corrected chi connectivity index (χ0v) is 16.4. The van der Waals surface area contributed by atoms with Gasteiger partial charge in [-0.25, -0.2) is 0 Å². The van der Waals surface area contributed by atoms with Crippen molar-refractivity contribution in [3.63, 3.8) is 0 Å². The summed E-state index contributed by atoms with van der Waals surface area (Å²) in [6, 6.07) is 17.9. The summed E-state index contributed by atoms with van der Waals surface area (Å²) in [4.78, 5) is 19.4. The molecular weight excluding hydrogens is 366 g/mol. The normalized spacial score (nSPS) is 17.6. The van der Waals surface area contributed by atoms with Crippen LogP contribution in [0.1, 0.15) is 41.6 Å². The number of carbonyl (C=O) groups excluding carboxylic acids is 1. The standard InChI is InChI=1S/C23H23N3O3/c1-16-7-9-19(10-8-16)28-15-20-24-21(25-29-20)17-13-26(14-17)22(27)23(11-12-23)18-5-3-2-4-6-18/h2-10,17H,11-15H2,1H3. The van der Waals surface area contributed by atoms with E-state index in [1.54, 1.807) is 0 Å². The van der Waals surface area contributed by atoms with E-state index in [4.69, 9.17) is 9.26 Å². The predicted molar refractivity (Wildman–Crippen MR) is 106 cm³/mol. The van der Waals surface area contributed by atoms with Gasteiger partial charge in [-0.3, -0.25) is 4.79 Å². The highest BCUT2D eigenvalue weighted by Crippen LogP contribution is 2.50. The Morgan fingerprint density at radius 1 is 1.14 bits per heavy atom. The van der Waals surface area contributed by atoms with Crippen LogP contribution in [-0.2, 0) is 16.8 Å². The summed E-state index contributed by atoms with van der Waals surface area (Å²) in [6.07, 6.45) is 1.86. The molecular formula is C23H23N3O3. The maximum atomic E-state index is 13.0. The minimum atomic E-state index is -0.309. The summed E-state index contributed by atoms with van der Waals surface area (Å²) in [6.45, 7) is 3.56. The van der Waals surface area contributed by atoms with Gasteiger partial charge in [0.2, 0.25) is 5.91 Å². The number of likely N-dealkylation sites (tertiary alicyclic amines) is 1. The van der Waals surface area contributed by atoms with E-state index in [1.807, 2.05) is 54.3 Å². The Bertz CT molecular complexity index is 1000. The molecule has 1 saturated heterocycles. The monoisotopic (exact) mass is 389 g/mol. The van der Waals surface area contributed by atoms with Crippen LogP contribution in [0.2, 0.25) is 0 Å². The smallest absolute Gasteiger partial charge is 0.264 e. The van der Waals surface area contributed by atoms with Gasteiger partial charge in [-0.05, 0) is 37.5 Å². The minimum Gasteiger partial charge on any atom is -0.484 e. The van der Waals surface area contributed by atoms with Crippen molar-refractivity contribution in [1.82, 2.24) is 15.0 Å². The number of amides is 1. The van der Waals surface area contributed by atoms with E-state index in [9.17, 15) is 4.79 Å². The van der Waals surface area contributed by atoms with Crippen LogP contribution in [0.25, 0.3) is 0 Å². The summed E-state index contributed by atoms with van der Waals surface area (Å²) < 4.78 is 11.0. The third-order valence-electron chi connectivity index (χ3n) is 5.89. The molecule has 3 aromatic rings. The number of carbonyl (C=O) groups is 1. The quantitative estimate of drug-likeness (QED) is 0.644. The summed E-state index contributed by atoms with van der Waals surface area (Å²) in [5, 5.41) is 4.09. The summed E-state index contributed by atoms with van der Waals surface area (Å²) >= 11 is 0. The summed E-state index contributed by atoms with van der Waals surface area (Å²) in [5.41, 5.74) is 2.00. The summed E-state index contributed by atoms with van der Waals surface area (Å²) in [7, 11) is 0. The number of rotatable bonds is 6. The molecule has 6 heteroatoms. The van der Waals surface area contributed by atoms with Gasteiger partial charge in [0.05, 0.1) is 11.3 Å². The molecule has 2 aromatic carbocycles. The molecule has 2 heterocycles. The molecule has 148 valence electrons. The molecule has 0 radical (unpaired) electrons. The predicted octanol–water partition coefficient (Wildman–Crippen LogP) is 3.61. The van der Waals surface area contributed by atoms with Crippen molar-refractivity contribution in [1.29, 1.82) is 0 Å². The third-order valence-corrected chi connectivity index (χ3v) is 5.89. The van der Waals surface area contributed by atoms with Crippen LogP contribution in [0, 0.1) is 6.92 Å². The fourth-order valence-corrected chi connectivity index (χ4v) is 3.89. The number of aryl methyl sites for hydroxylation is 1. The SMILES string of the molecule is Cc1ccc(OCc2nc(C3CN(C(=O)C4(c5ccccc5)CC4)C3)no2)cc1.